The molecule has 1 aromatic carbocycles. The van der Waals surface area contributed by atoms with Crippen LogP contribution in [-0.2, 0) is 4.74 Å². The number of aromatic nitrogens is 2. The molecule has 0 bridgehead atoms. The summed E-state index contributed by atoms with van der Waals surface area (Å²) in [6.45, 7) is 2.81. The molecule has 0 radical (unpaired) electrons. The van der Waals surface area contributed by atoms with E-state index in [1.807, 2.05) is 0 Å². The molecule has 0 spiro atoms. The maximum atomic E-state index is 12.5. The number of amides is 1. The van der Waals surface area contributed by atoms with Crippen molar-refractivity contribution in [3.63, 3.8) is 0 Å². The molecular weight excluding hydrogens is 360 g/mol. The normalized spacial score (nSPS) is 14.0. The van der Waals surface area contributed by atoms with E-state index in [2.05, 4.69) is 20.2 Å². The Kier molecular flexibility index (Phi) is 5.75. The topological polar surface area (TPSA) is 85.8 Å². The molecule has 138 valence electrons. The van der Waals surface area contributed by atoms with Crippen LogP contribution in [0.4, 0.5) is 11.5 Å². The van der Waals surface area contributed by atoms with Gasteiger partial charge in [-0.15, -0.1) is 0 Å². The van der Waals surface area contributed by atoms with Crippen LogP contribution < -0.4 is 19.7 Å². The molecule has 1 aliphatic rings. The van der Waals surface area contributed by atoms with E-state index in [9.17, 15) is 4.79 Å². The summed E-state index contributed by atoms with van der Waals surface area (Å²) in [7, 11) is 2.99. The van der Waals surface area contributed by atoms with Crippen molar-refractivity contribution in [3.8, 4) is 11.5 Å². The van der Waals surface area contributed by atoms with Crippen LogP contribution in [0.2, 0.25) is 5.02 Å². The maximum absolute atomic E-state index is 12.5. The second-order valence-electron chi connectivity index (χ2n) is 5.50. The maximum Gasteiger partial charge on any atom is 0.275 e. The smallest absolute Gasteiger partial charge is 0.275 e. The number of anilines is 2. The average molecular weight is 379 g/mol. The van der Waals surface area contributed by atoms with Crippen molar-refractivity contribution < 1.29 is 19.0 Å². The summed E-state index contributed by atoms with van der Waals surface area (Å²) in [5.41, 5.74) is 0.621. The number of halogens is 1. The summed E-state index contributed by atoms with van der Waals surface area (Å²) in [5, 5.41) is 3.13. The molecule has 1 fully saturated rings. The lowest BCUT2D eigenvalue weighted by Gasteiger charge is -2.27. The summed E-state index contributed by atoms with van der Waals surface area (Å²) < 4.78 is 15.7. The predicted octanol–water partition coefficient (Wildman–Crippen LogP) is 2.24. The lowest BCUT2D eigenvalue weighted by Crippen LogP contribution is -2.36. The minimum Gasteiger partial charge on any atom is -0.495 e. The molecule has 0 saturated carbocycles. The van der Waals surface area contributed by atoms with Crippen molar-refractivity contribution in [3.05, 3.63) is 35.2 Å². The zero-order valence-electron chi connectivity index (χ0n) is 14.5. The Balaban J connectivity index is 1.75. The fraction of sp³-hybridized carbons (Fsp3) is 0.353. The number of ether oxygens (including phenoxy) is 3. The fourth-order valence-electron chi connectivity index (χ4n) is 2.54. The standard InChI is InChI=1S/C17H19ClN4O4/c1-24-14-8-12(15(25-2)7-11(14)18)21-17(23)13-9-20-16(10-19-13)22-3-5-26-6-4-22/h7-10H,3-6H2,1-2H3,(H,21,23). The number of hydrogen-bond donors (Lipinski definition) is 1. The number of hydrogen-bond acceptors (Lipinski definition) is 7. The highest BCUT2D eigenvalue weighted by atomic mass is 35.5. The predicted molar refractivity (Wildman–Crippen MR) is 97.6 cm³/mol. The van der Waals surface area contributed by atoms with E-state index in [0.717, 1.165) is 18.9 Å². The first-order chi connectivity index (χ1) is 12.6. The monoisotopic (exact) mass is 378 g/mol. The van der Waals surface area contributed by atoms with Crippen molar-refractivity contribution in [1.82, 2.24) is 9.97 Å². The molecule has 2 heterocycles. The summed E-state index contributed by atoms with van der Waals surface area (Å²) in [5.74, 6) is 1.16. The van der Waals surface area contributed by atoms with Gasteiger partial charge in [0, 0.05) is 25.2 Å². The van der Waals surface area contributed by atoms with Gasteiger partial charge >= 0.3 is 0 Å². The number of rotatable bonds is 5. The molecule has 1 N–H and O–H groups in total. The average Bonchev–Trinajstić information content (AvgIpc) is 2.69. The molecule has 9 heteroatoms. The first-order valence-corrected chi connectivity index (χ1v) is 8.37. The number of nitrogens with zero attached hydrogens (tertiary/aromatic N) is 3. The number of carbonyl (C=O) groups is 1. The van der Waals surface area contributed by atoms with Gasteiger partial charge in [-0.2, -0.15) is 0 Å². The van der Waals surface area contributed by atoms with Gasteiger partial charge in [-0.1, -0.05) is 11.6 Å². The largest absolute Gasteiger partial charge is 0.495 e. The van der Waals surface area contributed by atoms with Crippen LogP contribution in [0.3, 0.4) is 0 Å². The second-order valence-corrected chi connectivity index (χ2v) is 5.91. The Morgan fingerprint density at radius 1 is 1.15 bits per heavy atom. The van der Waals surface area contributed by atoms with E-state index in [1.165, 1.54) is 20.4 Å². The fourth-order valence-corrected chi connectivity index (χ4v) is 2.77. The van der Waals surface area contributed by atoms with Gasteiger partial charge in [0.25, 0.3) is 5.91 Å². The van der Waals surface area contributed by atoms with Crippen LogP contribution in [0.1, 0.15) is 10.5 Å². The summed E-state index contributed by atoms with van der Waals surface area (Å²) in [6, 6.07) is 3.16. The van der Waals surface area contributed by atoms with Crippen molar-refractivity contribution >= 4 is 29.0 Å². The van der Waals surface area contributed by atoms with Gasteiger partial charge in [-0.05, 0) is 0 Å². The Hall–Kier alpha value is -2.58. The molecule has 8 nitrogen and oxygen atoms in total. The molecule has 0 aliphatic carbocycles. The zero-order chi connectivity index (χ0) is 18.5. The molecule has 26 heavy (non-hydrogen) atoms. The Bertz CT molecular complexity index is 779. The quantitative estimate of drug-likeness (QED) is 0.853. The lowest BCUT2D eigenvalue weighted by atomic mass is 10.2. The Morgan fingerprint density at radius 2 is 1.88 bits per heavy atom. The highest BCUT2D eigenvalue weighted by molar-refractivity contribution is 6.32. The SMILES string of the molecule is COc1cc(NC(=O)c2cnc(N3CCOCC3)cn2)c(OC)cc1Cl. The van der Waals surface area contributed by atoms with E-state index in [1.54, 1.807) is 18.3 Å². The third-order valence-electron chi connectivity index (χ3n) is 3.93. The molecule has 1 amide bonds. The highest BCUT2D eigenvalue weighted by Crippen LogP contribution is 2.36. The lowest BCUT2D eigenvalue weighted by molar-refractivity contribution is 0.102. The summed E-state index contributed by atoms with van der Waals surface area (Å²) in [6.07, 6.45) is 3.03. The van der Waals surface area contributed by atoms with Gasteiger partial charge in [0.1, 0.15) is 23.0 Å². The molecule has 1 aromatic heterocycles. The Labute approximate surface area is 156 Å². The van der Waals surface area contributed by atoms with Gasteiger partial charge in [-0.3, -0.25) is 4.79 Å². The number of nitrogens with one attached hydrogen (secondary N) is 1. The van der Waals surface area contributed by atoms with Crippen LogP contribution in [0.5, 0.6) is 11.5 Å². The third-order valence-corrected chi connectivity index (χ3v) is 4.22. The van der Waals surface area contributed by atoms with E-state index < -0.39 is 5.91 Å². The van der Waals surface area contributed by atoms with E-state index in [4.69, 9.17) is 25.8 Å². The van der Waals surface area contributed by atoms with Gasteiger partial charge in [-0.25, -0.2) is 9.97 Å². The summed E-state index contributed by atoms with van der Waals surface area (Å²) >= 11 is 6.07. The van der Waals surface area contributed by atoms with E-state index in [0.29, 0.717) is 35.4 Å². The number of benzene rings is 1. The van der Waals surface area contributed by atoms with E-state index >= 15 is 0 Å². The van der Waals surface area contributed by atoms with Crippen molar-refractivity contribution in [2.75, 3.05) is 50.7 Å². The highest BCUT2D eigenvalue weighted by Gasteiger charge is 2.17. The first kappa shape index (κ1) is 18.2. The third kappa shape index (κ3) is 3.97. The first-order valence-electron chi connectivity index (χ1n) is 8.00. The minimum atomic E-state index is -0.409. The number of morpholine rings is 1. The molecule has 1 saturated heterocycles. The van der Waals surface area contributed by atoms with Gasteiger partial charge < -0.3 is 24.4 Å². The van der Waals surface area contributed by atoms with Crippen LogP contribution >= 0.6 is 11.6 Å². The van der Waals surface area contributed by atoms with Gasteiger partial charge in [0.05, 0.1) is 50.5 Å². The zero-order valence-corrected chi connectivity index (χ0v) is 15.2. The number of methoxy groups -OCH3 is 2. The number of carbonyl (C=O) groups excluding carboxylic acids is 1. The van der Waals surface area contributed by atoms with Crippen LogP contribution in [-0.4, -0.2) is 56.4 Å². The van der Waals surface area contributed by atoms with E-state index in [-0.39, 0.29) is 5.69 Å². The van der Waals surface area contributed by atoms with Crippen molar-refractivity contribution in [2.24, 2.45) is 0 Å². The summed E-state index contributed by atoms with van der Waals surface area (Å²) in [4.78, 5) is 23.1. The van der Waals surface area contributed by atoms with Gasteiger partial charge in [0.2, 0.25) is 0 Å². The second kappa shape index (κ2) is 8.20. The van der Waals surface area contributed by atoms with Crippen LogP contribution in [0, 0.1) is 0 Å². The molecule has 1 aliphatic heterocycles. The minimum absolute atomic E-state index is 0.193. The molecule has 0 atom stereocenters. The van der Waals surface area contributed by atoms with Gasteiger partial charge in [0.15, 0.2) is 0 Å². The van der Waals surface area contributed by atoms with Crippen molar-refractivity contribution in [1.29, 1.82) is 0 Å². The molecule has 3 rings (SSSR count). The van der Waals surface area contributed by atoms with Crippen LogP contribution in [0.15, 0.2) is 24.5 Å². The Morgan fingerprint density at radius 3 is 2.50 bits per heavy atom. The molecular formula is C17H19ClN4O4. The van der Waals surface area contributed by atoms with Crippen LogP contribution in [0.25, 0.3) is 0 Å². The molecule has 2 aromatic rings. The van der Waals surface area contributed by atoms with Crippen molar-refractivity contribution in [2.45, 2.75) is 0 Å². The molecule has 0 unspecified atom stereocenters.